The molecule has 1 aromatic heterocycles. The molecule has 0 aliphatic carbocycles. The van der Waals surface area contributed by atoms with Gasteiger partial charge in [-0.15, -0.1) is 11.8 Å². The number of aromatic nitrogens is 1. The standard InChI is InChI=1S/C18H22N2O3S/c1-4-24-15-6-5-11-19-16(15)17(22)20-14-9-7-13(8-10-14)18(2,12-21)23-3/h5-11,21H,4,12H2,1-3H3,(H,20,22). The Labute approximate surface area is 146 Å². The zero-order valence-corrected chi connectivity index (χ0v) is 14.9. The van der Waals surface area contributed by atoms with E-state index in [2.05, 4.69) is 10.3 Å². The number of amides is 1. The summed E-state index contributed by atoms with van der Waals surface area (Å²) in [5.74, 6) is 0.633. The normalized spacial score (nSPS) is 13.3. The summed E-state index contributed by atoms with van der Waals surface area (Å²) in [7, 11) is 1.56. The average molecular weight is 346 g/mol. The highest BCUT2D eigenvalue weighted by Crippen LogP contribution is 2.26. The molecular formula is C18H22N2O3S. The first-order chi connectivity index (χ1) is 11.5. The lowest BCUT2D eigenvalue weighted by Crippen LogP contribution is -2.28. The number of rotatable bonds is 7. The Morgan fingerprint density at radius 3 is 2.62 bits per heavy atom. The molecule has 0 fully saturated rings. The SMILES string of the molecule is CCSc1cccnc1C(=O)Nc1ccc(C(C)(CO)OC)cc1. The summed E-state index contributed by atoms with van der Waals surface area (Å²) in [5.41, 5.74) is 1.17. The summed E-state index contributed by atoms with van der Waals surface area (Å²) in [6, 6.07) is 10.9. The van der Waals surface area contributed by atoms with E-state index in [-0.39, 0.29) is 12.5 Å². The van der Waals surface area contributed by atoms with Gasteiger partial charge >= 0.3 is 0 Å². The Bertz CT molecular complexity index is 685. The summed E-state index contributed by atoms with van der Waals surface area (Å²) in [6.07, 6.45) is 1.61. The molecule has 0 aliphatic heterocycles. The molecule has 0 aliphatic rings. The molecule has 0 radical (unpaired) electrons. The van der Waals surface area contributed by atoms with Gasteiger partial charge in [-0.25, -0.2) is 4.98 Å². The van der Waals surface area contributed by atoms with Gasteiger partial charge in [0.25, 0.3) is 5.91 Å². The van der Waals surface area contributed by atoms with Crippen LogP contribution in [0, 0.1) is 0 Å². The smallest absolute Gasteiger partial charge is 0.275 e. The van der Waals surface area contributed by atoms with Crippen molar-refractivity contribution in [2.45, 2.75) is 24.3 Å². The highest BCUT2D eigenvalue weighted by Gasteiger charge is 2.25. The zero-order chi connectivity index (χ0) is 17.6. The average Bonchev–Trinajstić information content (AvgIpc) is 2.62. The Hall–Kier alpha value is -1.89. The van der Waals surface area contributed by atoms with E-state index in [0.29, 0.717) is 11.4 Å². The summed E-state index contributed by atoms with van der Waals surface area (Å²) in [5, 5.41) is 12.3. The second kappa shape index (κ2) is 8.28. The third-order valence-corrected chi connectivity index (χ3v) is 4.72. The largest absolute Gasteiger partial charge is 0.393 e. The second-order valence-electron chi connectivity index (χ2n) is 5.41. The van der Waals surface area contributed by atoms with Crippen LogP contribution < -0.4 is 5.32 Å². The molecule has 0 saturated carbocycles. The lowest BCUT2D eigenvalue weighted by atomic mass is 9.96. The molecule has 2 N–H and O–H groups in total. The highest BCUT2D eigenvalue weighted by molar-refractivity contribution is 7.99. The van der Waals surface area contributed by atoms with E-state index < -0.39 is 5.60 Å². The number of benzene rings is 1. The van der Waals surface area contributed by atoms with Gasteiger partial charge in [-0.3, -0.25) is 4.79 Å². The molecule has 1 aromatic carbocycles. The highest BCUT2D eigenvalue weighted by atomic mass is 32.2. The van der Waals surface area contributed by atoms with Crippen LogP contribution in [0.1, 0.15) is 29.9 Å². The number of thioether (sulfide) groups is 1. The zero-order valence-electron chi connectivity index (χ0n) is 14.1. The molecule has 0 saturated heterocycles. The fraction of sp³-hybridized carbons (Fsp3) is 0.333. The Morgan fingerprint density at radius 2 is 2.04 bits per heavy atom. The van der Waals surface area contributed by atoms with Crippen LogP contribution in [0.25, 0.3) is 0 Å². The number of carbonyl (C=O) groups is 1. The van der Waals surface area contributed by atoms with E-state index in [1.807, 2.05) is 38.1 Å². The minimum atomic E-state index is -0.755. The van der Waals surface area contributed by atoms with Crippen molar-refractivity contribution in [3.8, 4) is 0 Å². The molecular weight excluding hydrogens is 324 g/mol. The van der Waals surface area contributed by atoms with Gasteiger partial charge in [0.1, 0.15) is 11.3 Å². The molecule has 1 unspecified atom stereocenters. The van der Waals surface area contributed by atoms with Gasteiger partial charge in [0.15, 0.2) is 0 Å². The summed E-state index contributed by atoms with van der Waals surface area (Å²) >= 11 is 1.58. The summed E-state index contributed by atoms with van der Waals surface area (Å²) < 4.78 is 5.36. The number of methoxy groups -OCH3 is 1. The van der Waals surface area contributed by atoms with Crippen LogP contribution in [0.5, 0.6) is 0 Å². The third-order valence-electron chi connectivity index (χ3n) is 3.79. The quantitative estimate of drug-likeness (QED) is 0.753. The van der Waals surface area contributed by atoms with Crippen molar-refractivity contribution in [3.05, 3.63) is 53.9 Å². The van der Waals surface area contributed by atoms with Crippen LogP contribution in [-0.4, -0.2) is 35.5 Å². The van der Waals surface area contributed by atoms with Gasteiger partial charge in [0, 0.05) is 23.9 Å². The van der Waals surface area contributed by atoms with E-state index in [1.54, 1.807) is 37.2 Å². The molecule has 6 heteroatoms. The molecule has 5 nitrogen and oxygen atoms in total. The van der Waals surface area contributed by atoms with Crippen LogP contribution in [0.15, 0.2) is 47.5 Å². The number of nitrogens with zero attached hydrogens (tertiary/aromatic N) is 1. The van der Waals surface area contributed by atoms with Crippen LogP contribution in [0.2, 0.25) is 0 Å². The molecule has 0 bridgehead atoms. The van der Waals surface area contributed by atoms with Gasteiger partial charge in [-0.1, -0.05) is 19.1 Å². The monoisotopic (exact) mass is 346 g/mol. The van der Waals surface area contributed by atoms with E-state index in [0.717, 1.165) is 16.2 Å². The summed E-state index contributed by atoms with van der Waals surface area (Å²) in [4.78, 5) is 17.5. The first-order valence-electron chi connectivity index (χ1n) is 7.69. The number of aliphatic hydroxyl groups excluding tert-OH is 1. The van der Waals surface area contributed by atoms with Crippen molar-refractivity contribution < 1.29 is 14.6 Å². The van der Waals surface area contributed by atoms with Crippen molar-refractivity contribution in [3.63, 3.8) is 0 Å². The van der Waals surface area contributed by atoms with Gasteiger partial charge in [-0.05, 0) is 42.5 Å². The van der Waals surface area contributed by atoms with Crippen molar-refractivity contribution in [1.82, 2.24) is 4.98 Å². The molecule has 1 heterocycles. The van der Waals surface area contributed by atoms with Crippen molar-refractivity contribution in [1.29, 1.82) is 0 Å². The number of hydrogen-bond acceptors (Lipinski definition) is 5. The molecule has 1 atom stereocenters. The molecule has 1 amide bonds. The van der Waals surface area contributed by atoms with Crippen LogP contribution >= 0.6 is 11.8 Å². The van der Waals surface area contributed by atoms with Crippen LogP contribution in [0.4, 0.5) is 5.69 Å². The lowest BCUT2D eigenvalue weighted by Gasteiger charge is -2.26. The molecule has 24 heavy (non-hydrogen) atoms. The van der Waals surface area contributed by atoms with Crippen LogP contribution in [0.3, 0.4) is 0 Å². The first kappa shape index (κ1) is 18.4. The Kier molecular flexibility index (Phi) is 6.36. The molecule has 128 valence electrons. The molecule has 0 spiro atoms. The van der Waals surface area contributed by atoms with Gasteiger partial charge in [-0.2, -0.15) is 0 Å². The van der Waals surface area contributed by atoms with Gasteiger partial charge in [0.2, 0.25) is 0 Å². The molecule has 2 rings (SSSR count). The van der Waals surface area contributed by atoms with E-state index in [4.69, 9.17) is 4.74 Å². The fourth-order valence-electron chi connectivity index (χ4n) is 2.20. The van der Waals surface area contributed by atoms with Gasteiger partial charge < -0.3 is 15.2 Å². The first-order valence-corrected chi connectivity index (χ1v) is 8.68. The lowest BCUT2D eigenvalue weighted by molar-refractivity contribution is -0.0422. The predicted octanol–water partition coefficient (Wildman–Crippen LogP) is 3.30. The number of hydrogen-bond donors (Lipinski definition) is 2. The second-order valence-corrected chi connectivity index (χ2v) is 6.71. The third kappa shape index (κ3) is 4.14. The van der Waals surface area contributed by atoms with E-state index in [9.17, 15) is 9.90 Å². The van der Waals surface area contributed by atoms with Gasteiger partial charge in [0.05, 0.1) is 6.61 Å². The molecule has 2 aromatic rings. The minimum Gasteiger partial charge on any atom is -0.393 e. The number of ether oxygens (including phenoxy) is 1. The maximum Gasteiger partial charge on any atom is 0.275 e. The van der Waals surface area contributed by atoms with E-state index in [1.165, 1.54) is 0 Å². The Morgan fingerprint density at radius 1 is 1.33 bits per heavy atom. The number of aliphatic hydroxyl groups is 1. The maximum atomic E-state index is 12.5. The minimum absolute atomic E-state index is 0.124. The number of anilines is 1. The van der Waals surface area contributed by atoms with E-state index >= 15 is 0 Å². The summed E-state index contributed by atoms with van der Waals surface area (Å²) in [6.45, 7) is 3.72. The van der Waals surface area contributed by atoms with Crippen LogP contribution in [-0.2, 0) is 10.3 Å². The van der Waals surface area contributed by atoms with Crippen molar-refractivity contribution in [2.24, 2.45) is 0 Å². The number of carbonyl (C=O) groups excluding carboxylic acids is 1. The van der Waals surface area contributed by atoms with Crippen molar-refractivity contribution >= 4 is 23.4 Å². The number of nitrogens with one attached hydrogen (secondary N) is 1. The van der Waals surface area contributed by atoms with Crippen molar-refractivity contribution in [2.75, 3.05) is 24.8 Å². The Balaban J connectivity index is 2.16. The maximum absolute atomic E-state index is 12.5. The predicted molar refractivity (Wildman–Crippen MR) is 96.5 cm³/mol. The topological polar surface area (TPSA) is 71.5 Å². The fourth-order valence-corrected chi connectivity index (χ4v) is 2.97. The number of pyridine rings is 1.